The van der Waals surface area contributed by atoms with Crippen molar-refractivity contribution in [3.63, 3.8) is 0 Å². The monoisotopic (exact) mass is 216 g/mol. The van der Waals surface area contributed by atoms with Gasteiger partial charge in [0.2, 0.25) is 0 Å². The van der Waals surface area contributed by atoms with Gasteiger partial charge in [0.25, 0.3) is 0 Å². The van der Waals surface area contributed by atoms with Crippen LogP contribution in [-0.4, -0.2) is 17.6 Å². The smallest absolute Gasteiger partial charge is 0.356 e. The summed E-state index contributed by atoms with van der Waals surface area (Å²) < 4.78 is 4.87. The lowest BCUT2D eigenvalue weighted by Crippen LogP contribution is -2.06. The Balaban J connectivity index is 2.51. The number of benzene rings is 1. The number of pyridine rings is 1. The number of carbonyl (C=O) groups excluding carboxylic acids is 1. The average molecular weight is 216 g/mol. The van der Waals surface area contributed by atoms with Crippen LogP contribution in [-0.2, 0) is 4.74 Å². The predicted molar refractivity (Wildman–Crippen MR) is 62.1 cm³/mol. The molecule has 0 aliphatic heterocycles. The molecule has 0 saturated carbocycles. The Hall–Kier alpha value is -2.10. The number of anilines is 1. The van der Waals surface area contributed by atoms with Crippen LogP contribution in [0.1, 0.15) is 17.4 Å². The van der Waals surface area contributed by atoms with Gasteiger partial charge < -0.3 is 10.5 Å². The molecule has 0 amide bonds. The van der Waals surface area contributed by atoms with E-state index in [1.54, 1.807) is 25.3 Å². The summed E-state index contributed by atoms with van der Waals surface area (Å²) in [5.74, 6) is -0.423. The van der Waals surface area contributed by atoms with Crippen LogP contribution in [0.25, 0.3) is 10.8 Å². The van der Waals surface area contributed by atoms with Crippen LogP contribution < -0.4 is 5.73 Å². The van der Waals surface area contributed by atoms with Crippen LogP contribution in [0.2, 0.25) is 0 Å². The Morgan fingerprint density at radius 2 is 2.31 bits per heavy atom. The molecule has 82 valence electrons. The minimum Gasteiger partial charge on any atom is -0.461 e. The summed E-state index contributed by atoms with van der Waals surface area (Å²) >= 11 is 0. The lowest BCUT2D eigenvalue weighted by Gasteiger charge is -2.04. The van der Waals surface area contributed by atoms with Crippen molar-refractivity contribution < 1.29 is 9.53 Å². The summed E-state index contributed by atoms with van der Waals surface area (Å²) in [7, 11) is 0. The van der Waals surface area contributed by atoms with Gasteiger partial charge in [0.1, 0.15) is 5.69 Å². The quantitative estimate of drug-likeness (QED) is 0.616. The number of hydrogen-bond donors (Lipinski definition) is 1. The van der Waals surface area contributed by atoms with Gasteiger partial charge in [0.15, 0.2) is 0 Å². The highest BCUT2D eigenvalue weighted by molar-refractivity contribution is 5.97. The zero-order chi connectivity index (χ0) is 11.5. The SMILES string of the molecule is CCOC(=O)c1cc2c(N)cccc2cn1. The van der Waals surface area contributed by atoms with Gasteiger partial charge in [-0.3, -0.25) is 0 Å². The molecule has 0 saturated heterocycles. The average Bonchev–Trinajstić information content (AvgIpc) is 2.29. The zero-order valence-electron chi connectivity index (χ0n) is 8.93. The topological polar surface area (TPSA) is 65.2 Å². The molecule has 0 unspecified atom stereocenters. The van der Waals surface area contributed by atoms with E-state index in [-0.39, 0.29) is 5.69 Å². The molecule has 0 aliphatic carbocycles. The number of carbonyl (C=O) groups is 1. The normalized spacial score (nSPS) is 10.3. The van der Waals surface area contributed by atoms with Crippen LogP contribution in [0.15, 0.2) is 30.5 Å². The van der Waals surface area contributed by atoms with Crippen LogP contribution in [0.3, 0.4) is 0 Å². The maximum Gasteiger partial charge on any atom is 0.356 e. The Kier molecular flexibility index (Phi) is 2.72. The molecule has 1 heterocycles. The summed E-state index contributed by atoms with van der Waals surface area (Å²) in [6.07, 6.45) is 1.62. The first kappa shape index (κ1) is 10.4. The molecule has 2 aromatic rings. The van der Waals surface area contributed by atoms with Gasteiger partial charge in [-0.25, -0.2) is 9.78 Å². The second-order valence-corrected chi connectivity index (χ2v) is 3.36. The van der Waals surface area contributed by atoms with Crippen LogP contribution in [0.4, 0.5) is 5.69 Å². The van der Waals surface area contributed by atoms with Crippen molar-refractivity contribution in [2.45, 2.75) is 6.92 Å². The number of nitrogen functional groups attached to an aromatic ring is 1. The fraction of sp³-hybridized carbons (Fsp3) is 0.167. The summed E-state index contributed by atoms with van der Waals surface area (Å²) in [6.45, 7) is 2.09. The third kappa shape index (κ3) is 1.82. The number of fused-ring (bicyclic) bond motifs is 1. The van der Waals surface area contributed by atoms with Crippen molar-refractivity contribution in [2.75, 3.05) is 12.3 Å². The summed E-state index contributed by atoms with van der Waals surface area (Å²) in [5.41, 5.74) is 6.73. The molecule has 0 atom stereocenters. The fourth-order valence-corrected chi connectivity index (χ4v) is 1.51. The van der Waals surface area contributed by atoms with Gasteiger partial charge in [-0.05, 0) is 19.1 Å². The van der Waals surface area contributed by atoms with E-state index < -0.39 is 5.97 Å². The minimum absolute atomic E-state index is 0.284. The van der Waals surface area contributed by atoms with Crippen molar-refractivity contribution in [2.24, 2.45) is 0 Å². The zero-order valence-corrected chi connectivity index (χ0v) is 8.93. The first-order chi connectivity index (χ1) is 7.72. The lowest BCUT2D eigenvalue weighted by molar-refractivity contribution is 0.0520. The Morgan fingerprint density at radius 1 is 1.50 bits per heavy atom. The third-order valence-electron chi connectivity index (χ3n) is 2.28. The minimum atomic E-state index is -0.423. The molecule has 2 rings (SSSR count). The summed E-state index contributed by atoms with van der Waals surface area (Å²) in [4.78, 5) is 15.5. The van der Waals surface area contributed by atoms with Crippen molar-refractivity contribution in [3.05, 3.63) is 36.2 Å². The predicted octanol–water partition coefficient (Wildman–Crippen LogP) is 1.99. The standard InChI is InChI=1S/C12H12N2O2/c1-2-16-12(15)11-6-9-8(7-14-11)4-3-5-10(9)13/h3-7H,2,13H2,1H3. The first-order valence-corrected chi connectivity index (χ1v) is 5.03. The molecule has 0 fully saturated rings. The second kappa shape index (κ2) is 4.18. The number of ether oxygens (including phenoxy) is 1. The summed E-state index contributed by atoms with van der Waals surface area (Å²) in [5, 5.41) is 1.73. The molecule has 0 radical (unpaired) electrons. The fourth-order valence-electron chi connectivity index (χ4n) is 1.51. The van der Waals surface area contributed by atoms with Gasteiger partial charge in [-0.1, -0.05) is 12.1 Å². The van der Waals surface area contributed by atoms with Crippen molar-refractivity contribution in [1.29, 1.82) is 0 Å². The van der Waals surface area contributed by atoms with E-state index in [0.717, 1.165) is 10.8 Å². The highest BCUT2D eigenvalue weighted by Crippen LogP contribution is 2.20. The van der Waals surface area contributed by atoms with E-state index in [4.69, 9.17) is 10.5 Å². The number of nitrogens with two attached hydrogens (primary N) is 1. The molecule has 0 aliphatic rings. The van der Waals surface area contributed by atoms with Gasteiger partial charge in [-0.2, -0.15) is 0 Å². The third-order valence-corrected chi connectivity index (χ3v) is 2.28. The van der Waals surface area contributed by atoms with Crippen molar-refractivity contribution in [3.8, 4) is 0 Å². The van der Waals surface area contributed by atoms with Crippen LogP contribution in [0.5, 0.6) is 0 Å². The van der Waals surface area contributed by atoms with Gasteiger partial charge in [0.05, 0.1) is 6.61 Å². The van der Waals surface area contributed by atoms with E-state index in [0.29, 0.717) is 12.3 Å². The number of esters is 1. The van der Waals surface area contributed by atoms with E-state index in [9.17, 15) is 4.79 Å². The van der Waals surface area contributed by atoms with Gasteiger partial charge in [0, 0.05) is 22.7 Å². The number of rotatable bonds is 2. The Labute approximate surface area is 93.0 Å². The molecular weight excluding hydrogens is 204 g/mol. The summed E-state index contributed by atoms with van der Waals surface area (Å²) in [6, 6.07) is 7.19. The molecule has 2 N–H and O–H groups in total. The van der Waals surface area contributed by atoms with Crippen LogP contribution >= 0.6 is 0 Å². The van der Waals surface area contributed by atoms with Crippen LogP contribution in [0, 0.1) is 0 Å². The maximum absolute atomic E-state index is 11.5. The Morgan fingerprint density at radius 3 is 3.06 bits per heavy atom. The number of aromatic nitrogens is 1. The molecular formula is C12H12N2O2. The number of nitrogens with zero attached hydrogens (tertiary/aromatic N) is 1. The maximum atomic E-state index is 11.5. The molecule has 4 nitrogen and oxygen atoms in total. The van der Waals surface area contributed by atoms with E-state index in [1.165, 1.54) is 0 Å². The van der Waals surface area contributed by atoms with E-state index in [1.807, 2.05) is 12.1 Å². The van der Waals surface area contributed by atoms with Gasteiger partial charge >= 0.3 is 5.97 Å². The van der Waals surface area contributed by atoms with E-state index in [2.05, 4.69) is 4.98 Å². The highest BCUT2D eigenvalue weighted by Gasteiger charge is 2.09. The molecule has 4 heteroatoms. The van der Waals surface area contributed by atoms with E-state index >= 15 is 0 Å². The van der Waals surface area contributed by atoms with Gasteiger partial charge in [-0.15, -0.1) is 0 Å². The van der Waals surface area contributed by atoms with Crippen molar-refractivity contribution in [1.82, 2.24) is 4.98 Å². The molecule has 16 heavy (non-hydrogen) atoms. The lowest BCUT2D eigenvalue weighted by atomic mass is 10.1. The highest BCUT2D eigenvalue weighted by atomic mass is 16.5. The second-order valence-electron chi connectivity index (χ2n) is 3.36. The number of hydrogen-bond acceptors (Lipinski definition) is 4. The Bertz CT molecular complexity index is 538. The molecule has 0 bridgehead atoms. The molecule has 1 aromatic heterocycles. The first-order valence-electron chi connectivity index (χ1n) is 5.03. The molecule has 0 spiro atoms. The van der Waals surface area contributed by atoms with Crippen molar-refractivity contribution >= 4 is 22.4 Å². The molecule has 1 aromatic carbocycles. The largest absolute Gasteiger partial charge is 0.461 e.